The highest BCUT2D eigenvalue weighted by Crippen LogP contribution is 2.14. The van der Waals surface area contributed by atoms with Gasteiger partial charge >= 0.3 is 0 Å². The quantitative estimate of drug-likeness (QED) is 0.687. The zero-order chi connectivity index (χ0) is 13.7. The first-order valence-corrected chi connectivity index (χ1v) is 7.94. The summed E-state index contributed by atoms with van der Waals surface area (Å²) in [7, 11) is 0. The van der Waals surface area contributed by atoms with Crippen LogP contribution in [0.25, 0.3) is 0 Å². The van der Waals surface area contributed by atoms with Gasteiger partial charge in [-0.25, -0.2) is 0 Å². The van der Waals surface area contributed by atoms with Crippen LogP contribution in [0.3, 0.4) is 0 Å². The Balaban J connectivity index is 1.88. The van der Waals surface area contributed by atoms with Gasteiger partial charge in [-0.2, -0.15) is 0 Å². The number of hydrogen-bond acceptors (Lipinski definition) is 2. The summed E-state index contributed by atoms with van der Waals surface area (Å²) >= 11 is 4.61. The Kier molecular flexibility index (Phi) is 5.56. The minimum absolute atomic E-state index is 0.0755. The van der Waals surface area contributed by atoms with Gasteiger partial charge in [-0.15, -0.1) is 0 Å². The van der Waals surface area contributed by atoms with E-state index in [1.807, 2.05) is 0 Å². The Hall–Kier alpha value is -0.700. The number of hydrogen-bond donors (Lipinski definition) is 1. The van der Waals surface area contributed by atoms with Gasteiger partial charge in [0.25, 0.3) is 5.91 Å². The van der Waals surface area contributed by atoms with Gasteiger partial charge < -0.3 is 5.32 Å². The second kappa shape index (κ2) is 7.18. The van der Waals surface area contributed by atoms with E-state index in [1.165, 1.54) is 12.7 Å². The summed E-state index contributed by atoms with van der Waals surface area (Å²) in [5.41, 5.74) is 1.84. The number of aromatic nitrogens is 1. The predicted molar refractivity (Wildman–Crippen MR) is 92.2 cm³/mol. The number of carbonyl (C=O) groups is 1. The molecular weight excluding hydrogens is 466 g/mol. The molecule has 1 aromatic heterocycles. The molecule has 0 atom stereocenters. The number of benzene rings is 1. The Morgan fingerprint density at radius 3 is 2.58 bits per heavy atom. The molecule has 2 aromatic rings. The molecule has 0 spiro atoms. The number of carbonyl (C=O) groups excluding carboxylic acids is 1. The minimum atomic E-state index is -0.0755. The van der Waals surface area contributed by atoms with Gasteiger partial charge in [0, 0.05) is 26.1 Å². The number of nitrogens with zero attached hydrogens (tertiary/aromatic N) is 1. The van der Waals surface area contributed by atoms with Crippen LogP contribution in [0.5, 0.6) is 0 Å². The van der Waals surface area contributed by atoms with Gasteiger partial charge in [0.15, 0.2) is 0 Å². The van der Waals surface area contributed by atoms with Crippen molar-refractivity contribution in [2.45, 2.75) is 6.42 Å². The van der Waals surface area contributed by atoms with Crippen LogP contribution >= 0.6 is 45.2 Å². The van der Waals surface area contributed by atoms with E-state index in [-0.39, 0.29) is 5.91 Å². The molecule has 0 fully saturated rings. The van der Waals surface area contributed by atoms with Gasteiger partial charge in [-0.05, 0) is 87.5 Å². The molecular formula is C14H12I2N2O. The molecule has 0 aliphatic rings. The van der Waals surface area contributed by atoms with Crippen molar-refractivity contribution in [2.75, 3.05) is 6.54 Å². The predicted octanol–water partition coefficient (Wildman–Crippen LogP) is 3.26. The first-order valence-electron chi connectivity index (χ1n) is 5.78. The molecule has 0 saturated heterocycles. The summed E-state index contributed by atoms with van der Waals surface area (Å²) < 4.78 is 2.44. The van der Waals surface area contributed by atoms with E-state index in [0.717, 1.165) is 6.42 Å². The lowest BCUT2D eigenvalue weighted by molar-refractivity contribution is 0.0954. The molecule has 0 radical (unpaired) electrons. The van der Waals surface area contributed by atoms with Crippen LogP contribution in [-0.2, 0) is 6.42 Å². The van der Waals surface area contributed by atoms with Crippen LogP contribution in [-0.4, -0.2) is 17.4 Å². The molecule has 1 heterocycles. The first kappa shape index (κ1) is 14.7. The van der Waals surface area contributed by atoms with Crippen LogP contribution < -0.4 is 5.32 Å². The average molecular weight is 478 g/mol. The second-order valence-electron chi connectivity index (χ2n) is 4.03. The highest BCUT2D eigenvalue weighted by molar-refractivity contribution is 14.1. The third kappa shape index (κ3) is 4.72. The van der Waals surface area contributed by atoms with Crippen LogP contribution in [0.4, 0.5) is 0 Å². The van der Waals surface area contributed by atoms with E-state index in [2.05, 4.69) is 73.7 Å². The van der Waals surface area contributed by atoms with Crippen molar-refractivity contribution in [3.8, 4) is 0 Å². The fourth-order valence-corrected chi connectivity index (χ4v) is 3.74. The van der Waals surface area contributed by atoms with Crippen molar-refractivity contribution in [1.29, 1.82) is 0 Å². The van der Waals surface area contributed by atoms with E-state index < -0.39 is 0 Å². The zero-order valence-electron chi connectivity index (χ0n) is 10.1. The normalized spacial score (nSPS) is 10.2. The van der Waals surface area contributed by atoms with E-state index in [1.54, 1.807) is 24.5 Å². The minimum Gasteiger partial charge on any atom is -0.352 e. The molecule has 1 aromatic carbocycles. The maximum atomic E-state index is 11.8. The lowest BCUT2D eigenvalue weighted by Gasteiger charge is -2.06. The number of amides is 1. The highest BCUT2D eigenvalue weighted by atomic mass is 127. The Labute approximate surface area is 139 Å². The van der Waals surface area contributed by atoms with E-state index >= 15 is 0 Å². The fourth-order valence-electron chi connectivity index (χ4n) is 1.67. The number of rotatable bonds is 4. The SMILES string of the molecule is O=C(NCCc1cc(I)cc(I)c1)c1cccnc1. The zero-order valence-corrected chi connectivity index (χ0v) is 14.4. The molecule has 3 nitrogen and oxygen atoms in total. The molecule has 0 aliphatic heterocycles. The monoisotopic (exact) mass is 478 g/mol. The standard InChI is InChI=1S/C14H12I2N2O/c15-12-6-10(7-13(16)8-12)3-5-18-14(19)11-2-1-4-17-9-11/h1-2,4,6-9H,3,5H2,(H,18,19). The maximum Gasteiger partial charge on any atom is 0.252 e. The van der Waals surface area contributed by atoms with Crippen molar-refractivity contribution in [2.24, 2.45) is 0 Å². The summed E-state index contributed by atoms with van der Waals surface area (Å²) in [5.74, 6) is -0.0755. The van der Waals surface area contributed by atoms with Crippen molar-refractivity contribution in [1.82, 2.24) is 10.3 Å². The van der Waals surface area contributed by atoms with E-state index in [0.29, 0.717) is 12.1 Å². The first-order chi connectivity index (χ1) is 9.15. The van der Waals surface area contributed by atoms with Crippen LogP contribution in [0, 0.1) is 7.14 Å². The van der Waals surface area contributed by atoms with Crippen LogP contribution in [0.2, 0.25) is 0 Å². The molecule has 1 N–H and O–H groups in total. The van der Waals surface area contributed by atoms with Crippen molar-refractivity contribution >= 4 is 51.1 Å². The van der Waals surface area contributed by atoms with Crippen molar-refractivity contribution in [3.05, 3.63) is 61.0 Å². The summed E-state index contributed by atoms with van der Waals surface area (Å²) in [4.78, 5) is 15.7. The topological polar surface area (TPSA) is 42.0 Å². The second-order valence-corrected chi connectivity index (χ2v) is 6.52. The number of halogens is 2. The number of pyridine rings is 1. The third-order valence-electron chi connectivity index (χ3n) is 2.55. The number of nitrogens with one attached hydrogen (secondary N) is 1. The molecule has 0 saturated carbocycles. The summed E-state index contributed by atoms with van der Waals surface area (Å²) in [6.07, 6.45) is 4.06. The highest BCUT2D eigenvalue weighted by Gasteiger charge is 2.04. The largest absolute Gasteiger partial charge is 0.352 e. The summed E-state index contributed by atoms with van der Waals surface area (Å²) in [6, 6.07) is 9.92. The molecule has 0 unspecified atom stereocenters. The lowest BCUT2D eigenvalue weighted by Crippen LogP contribution is -2.25. The molecule has 1 amide bonds. The van der Waals surface area contributed by atoms with Gasteiger partial charge in [0.2, 0.25) is 0 Å². The molecule has 2 rings (SSSR count). The Morgan fingerprint density at radius 2 is 1.95 bits per heavy atom. The maximum absolute atomic E-state index is 11.8. The van der Waals surface area contributed by atoms with Crippen LogP contribution in [0.1, 0.15) is 15.9 Å². The van der Waals surface area contributed by atoms with E-state index in [9.17, 15) is 4.79 Å². The molecule has 98 valence electrons. The average Bonchev–Trinajstić information content (AvgIpc) is 2.38. The fraction of sp³-hybridized carbons (Fsp3) is 0.143. The smallest absolute Gasteiger partial charge is 0.252 e. The summed E-state index contributed by atoms with van der Waals surface area (Å²) in [6.45, 7) is 0.629. The Morgan fingerprint density at radius 1 is 1.21 bits per heavy atom. The van der Waals surface area contributed by atoms with Gasteiger partial charge in [-0.1, -0.05) is 0 Å². The molecule has 5 heteroatoms. The molecule has 0 aliphatic carbocycles. The summed E-state index contributed by atoms with van der Waals surface area (Å²) in [5, 5.41) is 2.90. The van der Waals surface area contributed by atoms with Crippen molar-refractivity contribution < 1.29 is 4.79 Å². The third-order valence-corrected chi connectivity index (χ3v) is 3.79. The molecule has 19 heavy (non-hydrogen) atoms. The van der Waals surface area contributed by atoms with Crippen LogP contribution in [0.15, 0.2) is 42.7 Å². The van der Waals surface area contributed by atoms with Crippen molar-refractivity contribution in [3.63, 3.8) is 0 Å². The molecule has 0 bridgehead atoms. The van der Waals surface area contributed by atoms with E-state index in [4.69, 9.17) is 0 Å². The van der Waals surface area contributed by atoms with Gasteiger partial charge in [-0.3, -0.25) is 9.78 Å². The van der Waals surface area contributed by atoms with Gasteiger partial charge in [0.1, 0.15) is 0 Å². The van der Waals surface area contributed by atoms with Gasteiger partial charge in [0.05, 0.1) is 5.56 Å². The lowest BCUT2D eigenvalue weighted by atomic mass is 10.1. The Bertz CT molecular complexity index is 553.